The number of nitriles is 1. The third kappa shape index (κ3) is 4.44. The third-order valence-electron chi connectivity index (χ3n) is 4.54. The summed E-state index contributed by atoms with van der Waals surface area (Å²) in [6.45, 7) is 2.53. The summed E-state index contributed by atoms with van der Waals surface area (Å²) in [5, 5.41) is 21.9. The predicted octanol–water partition coefficient (Wildman–Crippen LogP) is 2.63. The molecule has 23 heavy (non-hydrogen) atoms. The lowest BCUT2D eigenvalue weighted by Gasteiger charge is -2.28. The zero-order valence-corrected chi connectivity index (χ0v) is 14.2. The number of aliphatic hydroxyl groups is 1. The molecule has 0 radical (unpaired) electrons. The Bertz CT molecular complexity index is 614. The van der Waals surface area contributed by atoms with Crippen molar-refractivity contribution in [2.75, 3.05) is 18.9 Å². The fourth-order valence-electron chi connectivity index (χ4n) is 2.89. The molecule has 2 rings (SSSR count). The van der Waals surface area contributed by atoms with Gasteiger partial charge in [-0.1, -0.05) is 18.0 Å². The number of nitrogens with zero attached hydrogens (tertiary/aromatic N) is 2. The van der Waals surface area contributed by atoms with Crippen LogP contribution in [0.5, 0.6) is 0 Å². The van der Waals surface area contributed by atoms with Crippen molar-refractivity contribution < 1.29 is 9.90 Å². The van der Waals surface area contributed by atoms with E-state index in [1.54, 1.807) is 18.2 Å². The van der Waals surface area contributed by atoms with Crippen molar-refractivity contribution in [3.05, 3.63) is 28.8 Å². The molecule has 3 atom stereocenters. The Morgan fingerprint density at radius 1 is 1.57 bits per heavy atom. The number of anilines is 1. The minimum Gasteiger partial charge on any atom is -0.393 e. The van der Waals surface area contributed by atoms with E-state index in [0.717, 1.165) is 19.3 Å². The highest BCUT2D eigenvalue weighted by Crippen LogP contribution is 2.26. The number of aliphatic hydroxyl groups excluding tert-OH is 1. The standard InChI is InChI=1S/C17H22ClN3O2/c1-11(21(2)10-13-4-3-5-16(13)22)17(23)20-14-7-6-12(9-19)15(18)8-14/h6-8,11,13,16,22H,3-5,10H2,1-2H3,(H,20,23). The first-order valence-electron chi connectivity index (χ1n) is 7.81. The molecule has 1 amide bonds. The molecule has 0 aliphatic heterocycles. The number of nitrogens with one attached hydrogen (secondary N) is 1. The summed E-state index contributed by atoms with van der Waals surface area (Å²) in [6.07, 6.45) is 2.64. The minimum absolute atomic E-state index is 0.138. The Balaban J connectivity index is 1.94. The average molecular weight is 336 g/mol. The second-order valence-electron chi connectivity index (χ2n) is 6.17. The maximum Gasteiger partial charge on any atom is 0.241 e. The van der Waals surface area contributed by atoms with Crippen LogP contribution in [0.25, 0.3) is 0 Å². The van der Waals surface area contributed by atoms with Crippen LogP contribution in [0, 0.1) is 17.2 Å². The zero-order valence-electron chi connectivity index (χ0n) is 13.4. The normalized spacial score (nSPS) is 21.9. The van der Waals surface area contributed by atoms with Crippen molar-refractivity contribution in [3.63, 3.8) is 0 Å². The molecule has 2 N–H and O–H groups in total. The monoisotopic (exact) mass is 335 g/mol. The van der Waals surface area contributed by atoms with Gasteiger partial charge in [-0.2, -0.15) is 5.26 Å². The Kier molecular flexibility index (Phi) is 6.00. The number of benzene rings is 1. The molecule has 0 heterocycles. The molecule has 1 saturated carbocycles. The van der Waals surface area contributed by atoms with Gasteiger partial charge >= 0.3 is 0 Å². The highest BCUT2D eigenvalue weighted by molar-refractivity contribution is 6.32. The highest BCUT2D eigenvalue weighted by atomic mass is 35.5. The molecule has 3 unspecified atom stereocenters. The molecule has 1 aliphatic rings. The van der Waals surface area contributed by atoms with E-state index >= 15 is 0 Å². The van der Waals surface area contributed by atoms with Gasteiger partial charge in [0.2, 0.25) is 5.91 Å². The number of halogens is 1. The summed E-state index contributed by atoms with van der Waals surface area (Å²) in [5.74, 6) is 0.0976. The smallest absolute Gasteiger partial charge is 0.241 e. The fraction of sp³-hybridized carbons (Fsp3) is 0.529. The summed E-state index contributed by atoms with van der Waals surface area (Å²) >= 11 is 5.97. The SMILES string of the molecule is CC(C(=O)Nc1ccc(C#N)c(Cl)c1)N(C)CC1CCCC1O. The quantitative estimate of drug-likeness (QED) is 0.867. The van der Waals surface area contributed by atoms with Crippen molar-refractivity contribution in [2.45, 2.75) is 38.3 Å². The molecule has 0 aromatic heterocycles. The van der Waals surface area contributed by atoms with Gasteiger partial charge in [0.15, 0.2) is 0 Å². The van der Waals surface area contributed by atoms with Crippen LogP contribution in [0.15, 0.2) is 18.2 Å². The van der Waals surface area contributed by atoms with Crippen molar-refractivity contribution in [3.8, 4) is 6.07 Å². The number of hydrogen-bond donors (Lipinski definition) is 2. The fourth-order valence-corrected chi connectivity index (χ4v) is 3.11. The first-order chi connectivity index (χ1) is 10.9. The van der Waals surface area contributed by atoms with E-state index in [-0.39, 0.29) is 24.0 Å². The number of hydrogen-bond acceptors (Lipinski definition) is 4. The Morgan fingerprint density at radius 2 is 2.30 bits per heavy atom. The largest absolute Gasteiger partial charge is 0.393 e. The van der Waals surface area contributed by atoms with Crippen LogP contribution in [0.2, 0.25) is 5.02 Å². The molecule has 0 saturated heterocycles. The molecule has 124 valence electrons. The zero-order chi connectivity index (χ0) is 17.0. The van der Waals surface area contributed by atoms with Crippen molar-refractivity contribution >= 4 is 23.2 Å². The lowest BCUT2D eigenvalue weighted by molar-refractivity contribution is -0.120. The van der Waals surface area contributed by atoms with Crippen molar-refractivity contribution in [2.24, 2.45) is 5.92 Å². The minimum atomic E-state index is -0.322. The van der Waals surface area contributed by atoms with Gasteiger partial charge in [-0.25, -0.2) is 0 Å². The summed E-state index contributed by atoms with van der Waals surface area (Å²) in [5.41, 5.74) is 0.949. The number of amides is 1. The molecular weight excluding hydrogens is 314 g/mol. The molecule has 1 aromatic rings. The number of carbonyl (C=O) groups is 1. The maximum atomic E-state index is 12.4. The van der Waals surface area contributed by atoms with Gasteiger partial charge in [-0.15, -0.1) is 0 Å². The van der Waals surface area contributed by atoms with Gasteiger partial charge in [0.1, 0.15) is 6.07 Å². The van der Waals surface area contributed by atoms with E-state index < -0.39 is 0 Å². The van der Waals surface area contributed by atoms with Crippen LogP contribution in [-0.4, -0.2) is 41.7 Å². The van der Waals surface area contributed by atoms with Gasteiger partial charge in [0.05, 0.1) is 22.7 Å². The van der Waals surface area contributed by atoms with Gasteiger partial charge in [0, 0.05) is 12.2 Å². The van der Waals surface area contributed by atoms with Crippen molar-refractivity contribution in [1.29, 1.82) is 5.26 Å². The number of rotatable bonds is 5. The summed E-state index contributed by atoms with van der Waals surface area (Å²) in [6, 6.07) is 6.48. The highest BCUT2D eigenvalue weighted by Gasteiger charge is 2.28. The van der Waals surface area contributed by atoms with E-state index in [2.05, 4.69) is 5.32 Å². The van der Waals surface area contributed by atoms with Crippen LogP contribution in [0.1, 0.15) is 31.7 Å². The van der Waals surface area contributed by atoms with E-state index in [9.17, 15) is 9.90 Å². The van der Waals surface area contributed by atoms with Crippen LogP contribution in [0.4, 0.5) is 5.69 Å². The van der Waals surface area contributed by atoms with E-state index in [4.69, 9.17) is 16.9 Å². The van der Waals surface area contributed by atoms with Crippen LogP contribution in [-0.2, 0) is 4.79 Å². The summed E-state index contributed by atoms with van der Waals surface area (Å²) < 4.78 is 0. The second kappa shape index (κ2) is 7.78. The Hall–Kier alpha value is -1.61. The molecule has 1 aliphatic carbocycles. The van der Waals surface area contributed by atoms with Gasteiger partial charge in [-0.05, 0) is 50.9 Å². The second-order valence-corrected chi connectivity index (χ2v) is 6.58. The maximum absolute atomic E-state index is 12.4. The summed E-state index contributed by atoms with van der Waals surface area (Å²) in [7, 11) is 1.89. The van der Waals surface area contributed by atoms with Crippen LogP contribution >= 0.6 is 11.6 Å². The van der Waals surface area contributed by atoms with Gasteiger partial charge in [-0.3, -0.25) is 9.69 Å². The molecule has 6 heteroatoms. The molecular formula is C17H22ClN3O2. The first kappa shape index (κ1) is 17.7. The topological polar surface area (TPSA) is 76.4 Å². The Labute approximate surface area is 141 Å². The van der Waals surface area contributed by atoms with E-state index in [1.807, 2.05) is 24.9 Å². The lowest BCUT2D eigenvalue weighted by Crippen LogP contribution is -2.43. The third-order valence-corrected chi connectivity index (χ3v) is 4.85. The molecule has 0 bridgehead atoms. The van der Waals surface area contributed by atoms with Crippen LogP contribution < -0.4 is 5.32 Å². The van der Waals surface area contributed by atoms with Gasteiger partial charge in [0.25, 0.3) is 0 Å². The van der Waals surface area contributed by atoms with Crippen LogP contribution in [0.3, 0.4) is 0 Å². The molecule has 0 spiro atoms. The Morgan fingerprint density at radius 3 is 2.87 bits per heavy atom. The molecule has 1 fully saturated rings. The lowest BCUT2D eigenvalue weighted by atomic mass is 10.0. The first-order valence-corrected chi connectivity index (χ1v) is 8.19. The van der Waals surface area contributed by atoms with E-state index in [1.165, 1.54) is 0 Å². The number of likely N-dealkylation sites (N-methyl/N-ethyl adjacent to an activating group) is 1. The summed E-state index contributed by atoms with van der Waals surface area (Å²) in [4.78, 5) is 14.3. The molecule has 5 nitrogen and oxygen atoms in total. The van der Waals surface area contributed by atoms with E-state index in [0.29, 0.717) is 22.8 Å². The van der Waals surface area contributed by atoms with Gasteiger partial charge < -0.3 is 10.4 Å². The van der Waals surface area contributed by atoms with Crippen molar-refractivity contribution in [1.82, 2.24) is 4.90 Å². The number of carbonyl (C=O) groups excluding carboxylic acids is 1. The molecule has 1 aromatic carbocycles. The predicted molar refractivity (Wildman–Crippen MR) is 90.2 cm³/mol. The average Bonchev–Trinajstić information content (AvgIpc) is 2.91.